The molecule has 0 rings (SSSR count). The standard InChI is InChI=1S/C8H19N.C3H6O2.C2H6/c1-3-4-5-6-7-8-9-2;1-5-3-2-4;1-2/h9H,3-8H2,1-2H3;2H,3H2,1H3;1-2H3. The van der Waals surface area contributed by atoms with E-state index in [0.717, 1.165) is 0 Å². The molecule has 16 heavy (non-hydrogen) atoms. The Bertz CT molecular complexity index is 91.9. The van der Waals surface area contributed by atoms with Crippen LogP contribution in [0.3, 0.4) is 0 Å². The molecule has 0 heterocycles. The van der Waals surface area contributed by atoms with Crippen LogP contribution in [0.4, 0.5) is 0 Å². The third-order valence-electron chi connectivity index (χ3n) is 1.77. The lowest BCUT2D eigenvalue weighted by Crippen LogP contribution is -2.06. The lowest BCUT2D eigenvalue weighted by atomic mass is 10.1. The molecule has 100 valence electrons. The summed E-state index contributed by atoms with van der Waals surface area (Å²) in [5.74, 6) is 0. The maximum atomic E-state index is 9.28. The Morgan fingerprint density at radius 3 is 2.00 bits per heavy atom. The zero-order chi connectivity index (χ0) is 13.1. The molecule has 0 fully saturated rings. The van der Waals surface area contributed by atoms with Crippen molar-refractivity contribution in [2.75, 3.05) is 27.3 Å². The third-order valence-corrected chi connectivity index (χ3v) is 1.77. The van der Waals surface area contributed by atoms with Crippen molar-refractivity contribution in [1.82, 2.24) is 5.32 Å². The number of rotatable bonds is 8. The van der Waals surface area contributed by atoms with E-state index < -0.39 is 0 Å². The molecule has 0 aromatic rings. The summed E-state index contributed by atoms with van der Waals surface area (Å²) in [5.41, 5.74) is 0. The highest BCUT2D eigenvalue weighted by atomic mass is 16.5. The van der Waals surface area contributed by atoms with Crippen molar-refractivity contribution in [1.29, 1.82) is 0 Å². The second-order valence-corrected chi connectivity index (χ2v) is 3.14. The maximum absolute atomic E-state index is 9.28. The SMILES string of the molecule is CC.CCCCCCCNC.COCC=O. The Kier molecular flexibility index (Phi) is 38.3. The molecule has 0 spiro atoms. The monoisotopic (exact) mass is 233 g/mol. The van der Waals surface area contributed by atoms with Gasteiger partial charge in [-0.15, -0.1) is 0 Å². The van der Waals surface area contributed by atoms with Crippen LogP contribution >= 0.6 is 0 Å². The van der Waals surface area contributed by atoms with Crippen LogP contribution in [0.1, 0.15) is 52.9 Å². The van der Waals surface area contributed by atoms with Gasteiger partial charge in [-0.1, -0.05) is 46.5 Å². The molecule has 3 nitrogen and oxygen atoms in total. The van der Waals surface area contributed by atoms with Gasteiger partial charge in [0.25, 0.3) is 0 Å². The molecule has 0 unspecified atom stereocenters. The molecular weight excluding hydrogens is 202 g/mol. The number of hydrogen-bond donors (Lipinski definition) is 1. The number of carbonyl (C=O) groups is 1. The van der Waals surface area contributed by atoms with Gasteiger partial charge in [0.1, 0.15) is 12.9 Å². The number of aldehydes is 1. The molecule has 0 atom stereocenters. The van der Waals surface area contributed by atoms with Gasteiger partial charge >= 0.3 is 0 Å². The molecule has 0 aliphatic carbocycles. The maximum Gasteiger partial charge on any atom is 0.145 e. The lowest BCUT2D eigenvalue weighted by Gasteiger charge is -1.97. The number of methoxy groups -OCH3 is 1. The topological polar surface area (TPSA) is 38.3 Å². The molecule has 1 N–H and O–H groups in total. The van der Waals surface area contributed by atoms with E-state index in [9.17, 15) is 4.79 Å². The number of carbonyl (C=O) groups excluding carboxylic acids is 1. The van der Waals surface area contributed by atoms with E-state index in [1.165, 1.54) is 45.8 Å². The summed E-state index contributed by atoms with van der Waals surface area (Å²) in [6.45, 7) is 7.64. The van der Waals surface area contributed by atoms with Gasteiger partial charge in [-0.05, 0) is 20.0 Å². The minimum atomic E-state index is 0.208. The lowest BCUT2D eigenvalue weighted by molar-refractivity contribution is -0.110. The first kappa shape index (κ1) is 20.9. The molecule has 0 saturated heterocycles. The minimum Gasteiger partial charge on any atom is -0.377 e. The highest BCUT2D eigenvalue weighted by molar-refractivity contribution is 5.50. The van der Waals surface area contributed by atoms with E-state index in [4.69, 9.17) is 0 Å². The molecular formula is C13H31NO2. The Balaban J connectivity index is -0.000000205. The molecule has 0 bridgehead atoms. The second kappa shape index (κ2) is 29.3. The first-order chi connectivity index (χ1) is 7.83. The second-order valence-electron chi connectivity index (χ2n) is 3.14. The van der Waals surface area contributed by atoms with Gasteiger partial charge in [-0.3, -0.25) is 0 Å². The smallest absolute Gasteiger partial charge is 0.145 e. The predicted octanol–water partition coefficient (Wildman–Crippen LogP) is 3.03. The Hall–Kier alpha value is -0.410. The first-order valence-corrected chi connectivity index (χ1v) is 6.40. The van der Waals surface area contributed by atoms with E-state index in [2.05, 4.69) is 17.0 Å². The summed E-state index contributed by atoms with van der Waals surface area (Å²) in [7, 11) is 3.49. The third kappa shape index (κ3) is 37.4. The summed E-state index contributed by atoms with van der Waals surface area (Å²) in [4.78, 5) is 9.28. The molecule has 3 heteroatoms. The first-order valence-electron chi connectivity index (χ1n) is 6.40. The van der Waals surface area contributed by atoms with Crippen LogP contribution in [0.15, 0.2) is 0 Å². The normalized spacial score (nSPS) is 8.31. The van der Waals surface area contributed by atoms with Gasteiger partial charge in [-0.25, -0.2) is 0 Å². The molecule has 0 amide bonds. The fraction of sp³-hybridized carbons (Fsp3) is 0.923. The van der Waals surface area contributed by atoms with Crippen molar-refractivity contribution in [3.63, 3.8) is 0 Å². The van der Waals surface area contributed by atoms with E-state index >= 15 is 0 Å². The molecule has 0 aliphatic rings. The zero-order valence-corrected chi connectivity index (χ0v) is 11.8. The summed E-state index contributed by atoms with van der Waals surface area (Å²) in [6, 6.07) is 0. The van der Waals surface area contributed by atoms with Crippen LogP contribution in [-0.2, 0) is 9.53 Å². The minimum absolute atomic E-state index is 0.208. The van der Waals surface area contributed by atoms with Crippen molar-refractivity contribution in [3.8, 4) is 0 Å². The van der Waals surface area contributed by atoms with Crippen LogP contribution < -0.4 is 5.32 Å². The quantitative estimate of drug-likeness (QED) is 0.517. The highest BCUT2D eigenvalue weighted by Gasteiger charge is 1.85. The van der Waals surface area contributed by atoms with E-state index in [-0.39, 0.29) is 6.61 Å². The number of nitrogens with one attached hydrogen (secondary N) is 1. The van der Waals surface area contributed by atoms with E-state index in [0.29, 0.717) is 6.29 Å². The number of unbranched alkanes of at least 4 members (excludes halogenated alkanes) is 4. The average Bonchev–Trinajstić information content (AvgIpc) is 2.33. The number of hydrogen-bond acceptors (Lipinski definition) is 3. The van der Waals surface area contributed by atoms with E-state index in [1.807, 2.05) is 20.9 Å². The summed E-state index contributed by atoms with van der Waals surface area (Å²) >= 11 is 0. The molecule has 0 aliphatic heterocycles. The van der Waals surface area contributed by atoms with Gasteiger partial charge in [0.15, 0.2) is 0 Å². The Morgan fingerprint density at radius 2 is 1.69 bits per heavy atom. The van der Waals surface area contributed by atoms with Gasteiger partial charge < -0.3 is 14.8 Å². The van der Waals surface area contributed by atoms with Crippen molar-refractivity contribution in [3.05, 3.63) is 0 Å². The fourth-order valence-electron chi connectivity index (χ4n) is 0.973. The van der Waals surface area contributed by atoms with Crippen LogP contribution in [0.2, 0.25) is 0 Å². The van der Waals surface area contributed by atoms with Crippen LogP contribution in [0.5, 0.6) is 0 Å². The Labute approximate surface area is 102 Å². The van der Waals surface area contributed by atoms with Gasteiger partial charge in [-0.2, -0.15) is 0 Å². The van der Waals surface area contributed by atoms with Crippen molar-refractivity contribution in [2.24, 2.45) is 0 Å². The number of ether oxygens (including phenoxy) is 1. The van der Waals surface area contributed by atoms with Crippen LogP contribution in [-0.4, -0.2) is 33.6 Å². The van der Waals surface area contributed by atoms with Crippen LogP contribution in [0.25, 0.3) is 0 Å². The van der Waals surface area contributed by atoms with Crippen molar-refractivity contribution >= 4 is 6.29 Å². The fourth-order valence-corrected chi connectivity index (χ4v) is 0.973. The molecule has 0 radical (unpaired) electrons. The summed E-state index contributed by atoms with van der Waals surface area (Å²) in [5, 5.41) is 3.14. The largest absolute Gasteiger partial charge is 0.377 e. The van der Waals surface area contributed by atoms with E-state index in [1.54, 1.807) is 0 Å². The molecule has 0 aromatic carbocycles. The summed E-state index contributed by atoms with van der Waals surface area (Å²) < 4.78 is 4.32. The van der Waals surface area contributed by atoms with Crippen molar-refractivity contribution < 1.29 is 9.53 Å². The Morgan fingerprint density at radius 1 is 1.12 bits per heavy atom. The van der Waals surface area contributed by atoms with Crippen LogP contribution in [0, 0.1) is 0 Å². The van der Waals surface area contributed by atoms with Gasteiger partial charge in [0, 0.05) is 7.11 Å². The zero-order valence-electron chi connectivity index (χ0n) is 11.8. The highest BCUT2D eigenvalue weighted by Crippen LogP contribution is 2.00. The average molecular weight is 233 g/mol. The predicted molar refractivity (Wildman–Crippen MR) is 72.0 cm³/mol. The van der Waals surface area contributed by atoms with Gasteiger partial charge in [0.2, 0.25) is 0 Å². The summed E-state index contributed by atoms with van der Waals surface area (Å²) in [6.07, 6.45) is 7.62. The van der Waals surface area contributed by atoms with Gasteiger partial charge in [0.05, 0.1) is 0 Å². The molecule has 0 saturated carbocycles. The van der Waals surface area contributed by atoms with Crippen molar-refractivity contribution in [2.45, 2.75) is 52.9 Å². The molecule has 0 aromatic heterocycles.